The Kier molecular flexibility index (Phi) is 5.76. The van der Waals surface area contributed by atoms with Crippen LogP contribution in [-0.4, -0.2) is 30.6 Å². The van der Waals surface area contributed by atoms with E-state index < -0.39 is 0 Å². The molecule has 0 unspecified atom stereocenters. The molecule has 132 valence electrons. The van der Waals surface area contributed by atoms with Gasteiger partial charge in [0.2, 0.25) is 0 Å². The topological polar surface area (TPSA) is 54.5 Å². The summed E-state index contributed by atoms with van der Waals surface area (Å²) < 4.78 is 5.49. The Bertz CT molecular complexity index is 728. The van der Waals surface area contributed by atoms with Crippen LogP contribution < -0.4 is 15.0 Å². The molecule has 3 rings (SSSR count). The lowest BCUT2D eigenvalue weighted by molar-refractivity contribution is -0.123. The molecule has 1 aromatic carbocycles. The number of nitrogens with zero attached hydrogens (tertiary/aromatic N) is 2. The smallest absolute Gasteiger partial charge is 0.258 e. The molecule has 1 amide bonds. The molecule has 5 nitrogen and oxygen atoms in total. The molecule has 6 heteroatoms. The summed E-state index contributed by atoms with van der Waals surface area (Å²) in [6.07, 6.45) is 4.27. The monoisotopic (exact) mass is 359 g/mol. The maximum Gasteiger partial charge on any atom is 0.258 e. The maximum absolute atomic E-state index is 11.9. The first-order valence-electron chi connectivity index (χ1n) is 8.47. The van der Waals surface area contributed by atoms with Gasteiger partial charge in [-0.25, -0.2) is 4.98 Å². The van der Waals surface area contributed by atoms with Gasteiger partial charge in [0.15, 0.2) is 6.61 Å². The highest BCUT2D eigenvalue weighted by atomic mass is 35.5. The largest absolute Gasteiger partial charge is 0.484 e. The van der Waals surface area contributed by atoms with Crippen LogP contribution in [0.2, 0.25) is 5.02 Å². The zero-order valence-corrected chi connectivity index (χ0v) is 15.1. The first-order valence-corrected chi connectivity index (χ1v) is 8.85. The van der Waals surface area contributed by atoms with E-state index in [1.165, 1.54) is 12.8 Å². The Morgan fingerprint density at radius 2 is 2.08 bits per heavy atom. The minimum absolute atomic E-state index is 0.0274. The van der Waals surface area contributed by atoms with Gasteiger partial charge < -0.3 is 15.0 Å². The number of aromatic nitrogens is 1. The molecule has 0 aliphatic carbocycles. The van der Waals surface area contributed by atoms with Gasteiger partial charge in [-0.15, -0.1) is 0 Å². The van der Waals surface area contributed by atoms with Crippen LogP contribution in [0.1, 0.15) is 24.0 Å². The predicted octanol–water partition coefficient (Wildman–Crippen LogP) is 3.34. The summed E-state index contributed by atoms with van der Waals surface area (Å²) in [4.78, 5) is 18.7. The summed E-state index contributed by atoms with van der Waals surface area (Å²) in [5.41, 5.74) is 1.89. The number of rotatable bonds is 6. The lowest BCUT2D eigenvalue weighted by atomic mass is 10.2. The molecule has 1 saturated heterocycles. The number of hydrogen-bond donors (Lipinski definition) is 1. The van der Waals surface area contributed by atoms with Crippen molar-refractivity contribution < 1.29 is 9.53 Å². The van der Waals surface area contributed by atoms with Gasteiger partial charge in [0.1, 0.15) is 11.6 Å². The number of pyridine rings is 1. The molecule has 0 bridgehead atoms. The van der Waals surface area contributed by atoms with Gasteiger partial charge in [0.25, 0.3) is 5.91 Å². The summed E-state index contributed by atoms with van der Waals surface area (Å²) in [5, 5.41) is 3.52. The molecule has 1 aliphatic heterocycles. The van der Waals surface area contributed by atoms with Gasteiger partial charge >= 0.3 is 0 Å². The molecular formula is C19H22ClN3O2. The quantitative estimate of drug-likeness (QED) is 0.859. The highest BCUT2D eigenvalue weighted by Gasteiger charge is 2.13. The highest BCUT2D eigenvalue weighted by Crippen LogP contribution is 2.21. The molecule has 2 heterocycles. The second-order valence-electron chi connectivity index (χ2n) is 6.20. The number of aryl methyl sites for hydroxylation is 1. The second-order valence-corrected chi connectivity index (χ2v) is 6.60. The predicted molar refractivity (Wildman–Crippen MR) is 99.2 cm³/mol. The summed E-state index contributed by atoms with van der Waals surface area (Å²) >= 11 is 5.97. The summed E-state index contributed by atoms with van der Waals surface area (Å²) in [6, 6.07) is 9.35. The third kappa shape index (κ3) is 4.86. The number of carbonyl (C=O) groups is 1. The standard InChI is InChI=1S/C19H22ClN3O2/c1-14-10-16(5-6-17(14)20)25-13-19(24)22-12-15-4-7-18(21-11-15)23-8-2-3-9-23/h4-7,10-11H,2-3,8-9,12-13H2,1H3,(H,22,24). The fraction of sp³-hybridized carbons (Fsp3) is 0.368. The minimum atomic E-state index is -0.170. The minimum Gasteiger partial charge on any atom is -0.484 e. The van der Waals surface area contributed by atoms with Crippen LogP contribution in [-0.2, 0) is 11.3 Å². The van der Waals surface area contributed by atoms with Gasteiger partial charge in [0.05, 0.1) is 0 Å². The van der Waals surface area contributed by atoms with Crippen LogP contribution in [0.3, 0.4) is 0 Å². The molecule has 1 fully saturated rings. The maximum atomic E-state index is 11.9. The van der Waals surface area contributed by atoms with Gasteiger partial charge in [-0.3, -0.25) is 4.79 Å². The van der Waals surface area contributed by atoms with E-state index in [9.17, 15) is 4.79 Å². The highest BCUT2D eigenvalue weighted by molar-refractivity contribution is 6.31. The lowest BCUT2D eigenvalue weighted by Gasteiger charge is -2.16. The van der Waals surface area contributed by atoms with E-state index in [0.717, 1.165) is 30.0 Å². The van der Waals surface area contributed by atoms with Gasteiger partial charge in [-0.2, -0.15) is 0 Å². The van der Waals surface area contributed by atoms with Crippen LogP contribution in [0.5, 0.6) is 5.75 Å². The normalized spacial score (nSPS) is 13.8. The molecule has 1 N–H and O–H groups in total. The molecule has 0 radical (unpaired) electrons. The van der Waals surface area contributed by atoms with E-state index in [2.05, 4.69) is 15.2 Å². The third-order valence-electron chi connectivity index (χ3n) is 4.23. The van der Waals surface area contributed by atoms with E-state index in [0.29, 0.717) is 17.3 Å². The number of benzene rings is 1. The van der Waals surface area contributed by atoms with Crippen molar-refractivity contribution in [3.63, 3.8) is 0 Å². The van der Waals surface area contributed by atoms with E-state index in [-0.39, 0.29) is 12.5 Å². The van der Waals surface area contributed by atoms with Crippen LogP contribution in [0.15, 0.2) is 36.5 Å². The van der Waals surface area contributed by atoms with Crippen molar-refractivity contribution in [3.8, 4) is 5.75 Å². The van der Waals surface area contributed by atoms with Crippen molar-refractivity contribution in [2.75, 3.05) is 24.6 Å². The number of hydrogen-bond acceptors (Lipinski definition) is 4. The molecule has 0 spiro atoms. The molecule has 0 atom stereocenters. The Labute approximate surface area is 153 Å². The Balaban J connectivity index is 1.44. The number of amides is 1. The summed E-state index contributed by atoms with van der Waals surface area (Å²) in [5.74, 6) is 1.47. The Hall–Kier alpha value is -2.27. The molecule has 25 heavy (non-hydrogen) atoms. The Morgan fingerprint density at radius 1 is 1.28 bits per heavy atom. The zero-order chi connectivity index (χ0) is 17.6. The molecule has 0 saturated carbocycles. The SMILES string of the molecule is Cc1cc(OCC(=O)NCc2ccc(N3CCCC3)nc2)ccc1Cl. The van der Waals surface area contributed by atoms with Crippen molar-refractivity contribution in [3.05, 3.63) is 52.7 Å². The summed E-state index contributed by atoms with van der Waals surface area (Å²) in [7, 11) is 0. The van der Waals surface area contributed by atoms with Crippen LogP contribution in [0.4, 0.5) is 5.82 Å². The van der Waals surface area contributed by atoms with E-state index in [1.54, 1.807) is 12.1 Å². The van der Waals surface area contributed by atoms with E-state index >= 15 is 0 Å². The van der Waals surface area contributed by atoms with Crippen molar-refractivity contribution in [2.45, 2.75) is 26.3 Å². The van der Waals surface area contributed by atoms with Crippen molar-refractivity contribution in [1.82, 2.24) is 10.3 Å². The molecule has 1 aliphatic rings. The number of ether oxygens (including phenoxy) is 1. The van der Waals surface area contributed by atoms with Crippen LogP contribution in [0, 0.1) is 6.92 Å². The fourth-order valence-electron chi connectivity index (χ4n) is 2.76. The van der Waals surface area contributed by atoms with E-state index in [1.807, 2.05) is 31.3 Å². The second kappa shape index (κ2) is 8.21. The fourth-order valence-corrected chi connectivity index (χ4v) is 2.88. The van der Waals surface area contributed by atoms with Crippen LogP contribution >= 0.6 is 11.6 Å². The zero-order valence-electron chi connectivity index (χ0n) is 14.3. The molecule has 2 aromatic rings. The van der Waals surface area contributed by atoms with Gasteiger partial charge in [-0.05, 0) is 55.2 Å². The van der Waals surface area contributed by atoms with Crippen molar-refractivity contribution >= 4 is 23.3 Å². The average molecular weight is 360 g/mol. The first kappa shape index (κ1) is 17.5. The van der Waals surface area contributed by atoms with Crippen molar-refractivity contribution in [2.24, 2.45) is 0 Å². The number of halogens is 1. The van der Waals surface area contributed by atoms with Crippen LogP contribution in [0.25, 0.3) is 0 Å². The van der Waals surface area contributed by atoms with Crippen molar-refractivity contribution in [1.29, 1.82) is 0 Å². The molecule has 1 aromatic heterocycles. The average Bonchev–Trinajstić information content (AvgIpc) is 3.16. The van der Waals surface area contributed by atoms with Gasteiger partial charge in [-0.1, -0.05) is 17.7 Å². The summed E-state index contributed by atoms with van der Waals surface area (Å²) in [6.45, 7) is 4.46. The van der Waals surface area contributed by atoms with Gasteiger partial charge in [0, 0.05) is 30.9 Å². The molecular weight excluding hydrogens is 338 g/mol. The van der Waals surface area contributed by atoms with E-state index in [4.69, 9.17) is 16.3 Å². The Morgan fingerprint density at radius 3 is 2.76 bits per heavy atom. The third-order valence-corrected chi connectivity index (χ3v) is 4.65. The first-order chi connectivity index (χ1) is 12.1. The lowest BCUT2D eigenvalue weighted by Crippen LogP contribution is -2.28. The number of carbonyl (C=O) groups excluding carboxylic acids is 1. The number of nitrogens with one attached hydrogen (secondary N) is 1. The number of anilines is 1.